The Hall–Kier alpha value is -0.900. The Kier molecular flexibility index (Phi) is 4.84. The van der Waals surface area contributed by atoms with Crippen LogP contribution in [0.25, 0.3) is 0 Å². The van der Waals surface area contributed by atoms with E-state index in [2.05, 4.69) is 57.0 Å². The summed E-state index contributed by atoms with van der Waals surface area (Å²) >= 11 is 0. The zero-order valence-corrected chi connectivity index (χ0v) is 13.2. The minimum atomic E-state index is 0.0262. The van der Waals surface area contributed by atoms with Gasteiger partial charge in [-0.15, -0.1) is 0 Å². The molecular formula is C17H28N2O. The van der Waals surface area contributed by atoms with Crippen LogP contribution in [0.3, 0.4) is 0 Å². The van der Waals surface area contributed by atoms with Gasteiger partial charge in [0.05, 0.1) is 6.10 Å². The van der Waals surface area contributed by atoms with Gasteiger partial charge in [0, 0.05) is 25.2 Å². The summed E-state index contributed by atoms with van der Waals surface area (Å²) in [5.74, 6) is 0. The van der Waals surface area contributed by atoms with E-state index in [9.17, 15) is 0 Å². The Morgan fingerprint density at radius 2 is 2.00 bits per heavy atom. The Bertz CT molecular complexity index is 418. The van der Waals surface area contributed by atoms with E-state index in [0.29, 0.717) is 12.1 Å². The molecule has 3 nitrogen and oxygen atoms in total. The van der Waals surface area contributed by atoms with Crippen molar-refractivity contribution in [3.63, 3.8) is 0 Å². The fraction of sp³-hybridized carbons (Fsp3) is 0.647. The third-order valence-electron chi connectivity index (χ3n) is 4.56. The Morgan fingerprint density at radius 3 is 2.55 bits per heavy atom. The lowest BCUT2D eigenvalue weighted by Crippen LogP contribution is -2.45. The van der Waals surface area contributed by atoms with Crippen LogP contribution in [0.5, 0.6) is 0 Å². The molecule has 0 saturated carbocycles. The van der Waals surface area contributed by atoms with Gasteiger partial charge in [-0.25, -0.2) is 0 Å². The zero-order chi connectivity index (χ0) is 14.8. The summed E-state index contributed by atoms with van der Waals surface area (Å²) in [5.41, 5.74) is 7.73. The first-order valence-electron chi connectivity index (χ1n) is 7.54. The van der Waals surface area contributed by atoms with Gasteiger partial charge in [-0.2, -0.15) is 0 Å². The largest absolute Gasteiger partial charge is 0.377 e. The highest BCUT2D eigenvalue weighted by Gasteiger charge is 2.34. The van der Waals surface area contributed by atoms with Crippen LogP contribution in [0.4, 0.5) is 0 Å². The summed E-state index contributed by atoms with van der Waals surface area (Å²) in [6, 6.07) is 10.9. The molecule has 1 aromatic rings. The van der Waals surface area contributed by atoms with Gasteiger partial charge in [0.1, 0.15) is 0 Å². The van der Waals surface area contributed by atoms with Gasteiger partial charge < -0.3 is 15.4 Å². The molecule has 1 saturated heterocycles. The molecule has 0 radical (unpaired) electrons. The van der Waals surface area contributed by atoms with Crippen molar-refractivity contribution in [1.82, 2.24) is 4.90 Å². The standard InChI is InChI=1S/C17H28N2O/c1-13-15(10-11-20-13)19(4)12-17(2,3)16(18)14-8-6-5-7-9-14/h5-9,13,15-16H,10-12,18H2,1-4H3. The molecule has 0 amide bonds. The van der Waals surface area contributed by atoms with Gasteiger partial charge in [0.15, 0.2) is 0 Å². The second kappa shape index (κ2) is 6.25. The molecule has 2 rings (SSSR count). The molecule has 1 aliphatic rings. The monoisotopic (exact) mass is 276 g/mol. The third kappa shape index (κ3) is 3.40. The molecule has 0 bridgehead atoms. The first-order valence-corrected chi connectivity index (χ1v) is 7.54. The van der Waals surface area contributed by atoms with Crippen LogP contribution in [0, 0.1) is 5.41 Å². The third-order valence-corrected chi connectivity index (χ3v) is 4.56. The van der Waals surface area contributed by atoms with Crippen LogP contribution in [-0.2, 0) is 4.74 Å². The van der Waals surface area contributed by atoms with Crippen LogP contribution in [0.2, 0.25) is 0 Å². The molecule has 0 aliphatic carbocycles. The van der Waals surface area contributed by atoms with Gasteiger partial charge in [-0.05, 0) is 31.4 Å². The summed E-state index contributed by atoms with van der Waals surface area (Å²) in [7, 11) is 2.19. The number of rotatable bonds is 5. The van der Waals surface area contributed by atoms with E-state index >= 15 is 0 Å². The first-order chi connectivity index (χ1) is 9.42. The number of hydrogen-bond donors (Lipinski definition) is 1. The molecule has 3 atom stereocenters. The second-order valence-electron chi connectivity index (χ2n) is 6.72. The van der Waals surface area contributed by atoms with Crippen LogP contribution >= 0.6 is 0 Å². The van der Waals surface area contributed by atoms with Crippen molar-refractivity contribution >= 4 is 0 Å². The molecule has 0 aromatic heterocycles. The number of ether oxygens (including phenoxy) is 1. The van der Waals surface area contributed by atoms with E-state index in [1.807, 2.05) is 6.07 Å². The predicted octanol–water partition coefficient (Wildman–Crippen LogP) is 2.82. The maximum Gasteiger partial charge on any atom is 0.0702 e. The Morgan fingerprint density at radius 1 is 1.35 bits per heavy atom. The highest BCUT2D eigenvalue weighted by atomic mass is 16.5. The molecule has 3 heteroatoms. The molecule has 1 heterocycles. The molecule has 3 unspecified atom stereocenters. The second-order valence-corrected chi connectivity index (χ2v) is 6.72. The average molecular weight is 276 g/mol. The minimum absolute atomic E-state index is 0.0262. The zero-order valence-electron chi connectivity index (χ0n) is 13.2. The number of nitrogens with two attached hydrogens (primary N) is 1. The quantitative estimate of drug-likeness (QED) is 0.898. The van der Waals surface area contributed by atoms with Gasteiger partial charge in [0.2, 0.25) is 0 Å². The van der Waals surface area contributed by atoms with E-state index in [1.165, 1.54) is 5.56 Å². The average Bonchev–Trinajstić information content (AvgIpc) is 2.84. The normalized spacial score (nSPS) is 25.1. The van der Waals surface area contributed by atoms with Crippen molar-refractivity contribution in [3.05, 3.63) is 35.9 Å². The van der Waals surface area contributed by atoms with E-state index in [-0.39, 0.29) is 11.5 Å². The lowest BCUT2D eigenvalue weighted by molar-refractivity contribution is 0.0644. The van der Waals surface area contributed by atoms with E-state index in [4.69, 9.17) is 10.5 Å². The molecule has 0 spiro atoms. The summed E-state index contributed by atoms with van der Waals surface area (Å²) in [6.07, 6.45) is 1.44. The summed E-state index contributed by atoms with van der Waals surface area (Å²) < 4.78 is 5.67. The van der Waals surface area contributed by atoms with Gasteiger partial charge in [-0.3, -0.25) is 0 Å². The molecule has 112 valence electrons. The molecule has 20 heavy (non-hydrogen) atoms. The molecule has 2 N–H and O–H groups in total. The fourth-order valence-electron chi connectivity index (χ4n) is 3.27. The van der Waals surface area contributed by atoms with Crippen molar-refractivity contribution < 1.29 is 4.74 Å². The smallest absolute Gasteiger partial charge is 0.0702 e. The van der Waals surface area contributed by atoms with E-state index in [0.717, 1.165) is 19.6 Å². The van der Waals surface area contributed by atoms with Gasteiger partial charge in [0.25, 0.3) is 0 Å². The van der Waals surface area contributed by atoms with Crippen molar-refractivity contribution in [3.8, 4) is 0 Å². The van der Waals surface area contributed by atoms with Gasteiger partial charge in [-0.1, -0.05) is 44.2 Å². The highest BCUT2D eigenvalue weighted by Crippen LogP contribution is 2.33. The SMILES string of the molecule is CC1OCCC1N(C)CC(C)(C)C(N)c1ccccc1. The van der Waals surface area contributed by atoms with E-state index in [1.54, 1.807) is 0 Å². The lowest BCUT2D eigenvalue weighted by Gasteiger charge is -2.38. The molecular weight excluding hydrogens is 248 g/mol. The Balaban J connectivity index is 2.03. The molecule has 1 fully saturated rings. The topological polar surface area (TPSA) is 38.5 Å². The van der Waals surface area contributed by atoms with Crippen molar-refractivity contribution in [2.45, 2.75) is 45.4 Å². The predicted molar refractivity (Wildman–Crippen MR) is 83.6 cm³/mol. The first kappa shape index (κ1) is 15.5. The fourth-order valence-corrected chi connectivity index (χ4v) is 3.27. The summed E-state index contributed by atoms with van der Waals surface area (Å²) in [6.45, 7) is 8.52. The molecule has 1 aromatic carbocycles. The van der Waals surface area contributed by atoms with Crippen LogP contribution in [0.1, 0.15) is 38.8 Å². The van der Waals surface area contributed by atoms with Crippen molar-refractivity contribution in [2.24, 2.45) is 11.1 Å². The number of nitrogens with zero attached hydrogens (tertiary/aromatic N) is 1. The van der Waals surface area contributed by atoms with Crippen LogP contribution in [0.15, 0.2) is 30.3 Å². The number of hydrogen-bond acceptors (Lipinski definition) is 3. The van der Waals surface area contributed by atoms with Crippen LogP contribution < -0.4 is 5.73 Å². The van der Waals surface area contributed by atoms with Gasteiger partial charge >= 0.3 is 0 Å². The maximum atomic E-state index is 6.50. The van der Waals surface area contributed by atoms with Crippen molar-refractivity contribution in [1.29, 1.82) is 0 Å². The number of benzene rings is 1. The highest BCUT2D eigenvalue weighted by molar-refractivity contribution is 5.20. The minimum Gasteiger partial charge on any atom is -0.377 e. The van der Waals surface area contributed by atoms with Crippen LogP contribution in [-0.4, -0.2) is 37.2 Å². The number of likely N-dealkylation sites (N-methyl/N-ethyl adjacent to an activating group) is 1. The maximum absolute atomic E-state index is 6.50. The molecule has 1 aliphatic heterocycles. The van der Waals surface area contributed by atoms with E-state index < -0.39 is 0 Å². The summed E-state index contributed by atoms with van der Waals surface area (Å²) in [4.78, 5) is 2.42. The Labute approximate surface area is 123 Å². The summed E-state index contributed by atoms with van der Waals surface area (Å²) in [5, 5.41) is 0. The lowest BCUT2D eigenvalue weighted by atomic mass is 9.80. The van der Waals surface area contributed by atoms with Crippen molar-refractivity contribution in [2.75, 3.05) is 20.2 Å².